The van der Waals surface area contributed by atoms with E-state index in [-0.39, 0.29) is 12.5 Å². The smallest absolute Gasteiger partial charge is 0.325 e. The van der Waals surface area contributed by atoms with E-state index in [4.69, 9.17) is 0 Å². The maximum absolute atomic E-state index is 13.5. The molecule has 2 N–H and O–H groups in total. The minimum Gasteiger partial charge on any atom is -0.355 e. The number of carbonyl (C=O) groups is 3. The zero-order valence-electron chi connectivity index (χ0n) is 17.4. The standard InChI is InChI=1S/C24H29N3O3/c1-2-3-4-11-16-25-21(28)18-27-22(29)24(26-23(27)30,20-14-9-6-10-15-20)17-19-12-7-5-8-13-19/h5-10,12-15H,2-4,11,16-18H2,1H3,(H,25,28)(H,26,30)/t24-/m1/s1. The van der Waals surface area contributed by atoms with Crippen LogP contribution in [0.1, 0.15) is 43.7 Å². The van der Waals surface area contributed by atoms with Crippen LogP contribution in [0.15, 0.2) is 60.7 Å². The Morgan fingerprint density at radius 2 is 1.63 bits per heavy atom. The maximum atomic E-state index is 13.5. The number of rotatable bonds is 10. The topological polar surface area (TPSA) is 78.5 Å². The highest BCUT2D eigenvalue weighted by Crippen LogP contribution is 2.32. The summed E-state index contributed by atoms with van der Waals surface area (Å²) in [6, 6.07) is 18.2. The van der Waals surface area contributed by atoms with Gasteiger partial charge in [0.2, 0.25) is 5.91 Å². The number of hydrogen-bond donors (Lipinski definition) is 2. The number of nitrogens with one attached hydrogen (secondary N) is 2. The quantitative estimate of drug-likeness (QED) is 0.468. The van der Waals surface area contributed by atoms with Crippen LogP contribution in [0.2, 0.25) is 0 Å². The lowest BCUT2D eigenvalue weighted by Gasteiger charge is -2.27. The van der Waals surface area contributed by atoms with Crippen LogP contribution in [0.4, 0.5) is 4.79 Å². The SMILES string of the molecule is CCCCCCNC(=O)CN1C(=O)N[C@](Cc2ccccc2)(c2ccccc2)C1=O. The number of benzene rings is 2. The minimum atomic E-state index is -1.22. The summed E-state index contributed by atoms with van der Waals surface area (Å²) in [7, 11) is 0. The first-order valence-electron chi connectivity index (χ1n) is 10.6. The third-order valence-corrected chi connectivity index (χ3v) is 5.41. The fourth-order valence-corrected chi connectivity index (χ4v) is 3.79. The molecule has 1 atom stereocenters. The molecule has 0 aliphatic carbocycles. The number of amides is 4. The molecule has 6 heteroatoms. The van der Waals surface area contributed by atoms with Gasteiger partial charge in [0.25, 0.3) is 5.91 Å². The molecule has 2 aromatic carbocycles. The molecular weight excluding hydrogens is 378 g/mol. The second-order valence-electron chi connectivity index (χ2n) is 7.67. The Balaban J connectivity index is 1.76. The first-order valence-corrected chi connectivity index (χ1v) is 10.6. The van der Waals surface area contributed by atoms with Crippen molar-refractivity contribution in [1.82, 2.24) is 15.5 Å². The van der Waals surface area contributed by atoms with Crippen molar-refractivity contribution in [3.05, 3.63) is 71.8 Å². The van der Waals surface area contributed by atoms with Crippen LogP contribution in [0.25, 0.3) is 0 Å². The Hall–Kier alpha value is -3.15. The molecule has 1 fully saturated rings. The molecule has 158 valence electrons. The lowest BCUT2D eigenvalue weighted by atomic mass is 9.83. The van der Waals surface area contributed by atoms with Gasteiger partial charge in [0.15, 0.2) is 5.54 Å². The molecule has 1 saturated heterocycles. The highest BCUT2D eigenvalue weighted by molar-refractivity contribution is 6.09. The van der Waals surface area contributed by atoms with Gasteiger partial charge in [-0.05, 0) is 17.5 Å². The zero-order valence-corrected chi connectivity index (χ0v) is 17.4. The second kappa shape index (κ2) is 10.1. The number of imide groups is 1. The van der Waals surface area contributed by atoms with Crippen LogP contribution in [-0.4, -0.2) is 35.8 Å². The van der Waals surface area contributed by atoms with Gasteiger partial charge in [-0.15, -0.1) is 0 Å². The number of urea groups is 1. The molecule has 0 spiro atoms. The predicted molar refractivity (Wildman–Crippen MR) is 116 cm³/mol. The first-order chi connectivity index (χ1) is 14.6. The molecule has 0 aromatic heterocycles. The number of nitrogens with zero attached hydrogens (tertiary/aromatic N) is 1. The Labute approximate surface area is 177 Å². The van der Waals surface area contributed by atoms with Crippen molar-refractivity contribution in [3.8, 4) is 0 Å². The third-order valence-electron chi connectivity index (χ3n) is 5.41. The predicted octanol–water partition coefficient (Wildman–Crippen LogP) is 3.37. The van der Waals surface area contributed by atoms with Gasteiger partial charge in [-0.2, -0.15) is 0 Å². The van der Waals surface area contributed by atoms with Gasteiger partial charge in [-0.1, -0.05) is 86.8 Å². The Bertz CT molecular complexity index is 870. The van der Waals surface area contributed by atoms with Crippen LogP contribution in [0, 0.1) is 0 Å². The van der Waals surface area contributed by atoms with Crippen molar-refractivity contribution >= 4 is 17.8 Å². The maximum Gasteiger partial charge on any atom is 0.325 e. The van der Waals surface area contributed by atoms with Crippen molar-refractivity contribution < 1.29 is 14.4 Å². The van der Waals surface area contributed by atoms with Gasteiger partial charge in [0, 0.05) is 13.0 Å². The Morgan fingerprint density at radius 3 is 2.30 bits per heavy atom. The highest BCUT2D eigenvalue weighted by Gasteiger charge is 2.52. The van der Waals surface area contributed by atoms with Gasteiger partial charge in [-0.3, -0.25) is 14.5 Å². The van der Waals surface area contributed by atoms with E-state index in [0.717, 1.165) is 36.1 Å². The molecular formula is C24H29N3O3. The molecule has 0 bridgehead atoms. The molecule has 3 rings (SSSR count). The first kappa shape index (κ1) is 21.6. The number of carbonyl (C=O) groups excluding carboxylic acids is 3. The van der Waals surface area contributed by atoms with E-state index >= 15 is 0 Å². The molecule has 2 aromatic rings. The molecule has 6 nitrogen and oxygen atoms in total. The summed E-state index contributed by atoms with van der Waals surface area (Å²) in [6.07, 6.45) is 4.51. The van der Waals surface area contributed by atoms with Gasteiger partial charge < -0.3 is 10.6 Å². The fourth-order valence-electron chi connectivity index (χ4n) is 3.79. The van der Waals surface area contributed by atoms with Crippen LogP contribution >= 0.6 is 0 Å². The monoisotopic (exact) mass is 407 g/mol. The van der Waals surface area contributed by atoms with Gasteiger partial charge in [-0.25, -0.2) is 4.79 Å². The third kappa shape index (κ3) is 4.87. The largest absolute Gasteiger partial charge is 0.355 e. The Kier molecular flexibility index (Phi) is 7.22. The summed E-state index contributed by atoms with van der Waals surface area (Å²) in [6.45, 7) is 2.41. The summed E-state index contributed by atoms with van der Waals surface area (Å²) in [5, 5.41) is 5.69. The van der Waals surface area contributed by atoms with Crippen LogP contribution < -0.4 is 10.6 Å². The molecule has 1 aliphatic heterocycles. The molecule has 1 aliphatic rings. The molecule has 1 heterocycles. The normalized spacial score (nSPS) is 18.4. The molecule has 0 radical (unpaired) electrons. The van der Waals surface area contributed by atoms with Crippen LogP contribution in [0.5, 0.6) is 0 Å². The van der Waals surface area contributed by atoms with E-state index in [9.17, 15) is 14.4 Å². The summed E-state index contributed by atoms with van der Waals surface area (Å²) in [4.78, 5) is 39.6. The van der Waals surface area contributed by atoms with Gasteiger partial charge in [0.05, 0.1) is 0 Å². The molecule has 4 amide bonds. The summed E-state index contributed by atoms with van der Waals surface area (Å²) >= 11 is 0. The lowest BCUT2D eigenvalue weighted by Crippen LogP contribution is -2.47. The van der Waals surface area contributed by atoms with Crippen molar-refractivity contribution in [2.24, 2.45) is 0 Å². The Morgan fingerprint density at radius 1 is 0.967 bits per heavy atom. The van der Waals surface area contributed by atoms with E-state index < -0.39 is 17.5 Å². The average Bonchev–Trinajstić information content (AvgIpc) is 3.00. The fraction of sp³-hybridized carbons (Fsp3) is 0.375. The summed E-state index contributed by atoms with van der Waals surface area (Å²) in [5.41, 5.74) is 0.410. The van der Waals surface area contributed by atoms with Crippen LogP contribution in [-0.2, 0) is 21.5 Å². The van der Waals surface area contributed by atoms with Crippen molar-refractivity contribution in [3.63, 3.8) is 0 Å². The van der Waals surface area contributed by atoms with Crippen LogP contribution in [0.3, 0.4) is 0 Å². The van der Waals surface area contributed by atoms with E-state index in [0.29, 0.717) is 18.5 Å². The van der Waals surface area contributed by atoms with E-state index in [2.05, 4.69) is 17.6 Å². The average molecular weight is 408 g/mol. The molecule has 0 unspecified atom stereocenters. The number of hydrogen-bond acceptors (Lipinski definition) is 3. The van der Waals surface area contributed by atoms with Crippen molar-refractivity contribution in [1.29, 1.82) is 0 Å². The minimum absolute atomic E-state index is 0.276. The van der Waals surface area contributed by atoms with E-state index in [1.54, 1.807) is 0 Å². The number of unbranched alkanes of at least 4 members (excludes halogenated alkanes) is 3. The van der Waals surface area contributed by atoms with E-state index in [1.165, 1.54) is 0 Å². The second-order valence-corrected chi connectivity index (χ2v) is 7.67. The molecule has 0 saturated carbocycles. The van der Waals surface area contributed by atoms with Crippen molar-refractivity contribution in [2.75, 3.05) is 13.1 Å². The summed E-state index contributed by atoms with van der Waals surface area (Å²) in [5.74, 6) is -0.720. The van der Waals surface area contributed by atoms with Gasteiger partial charge in [0.1, 0.15) is 6.54 Å². The van der Waals surface area contributed by atoms with Crippen molar-refractivity contribution in [2.45, 2.75) is 44.6 Å². The van der Waals surface area contributed by atoms with E-state index in [1.807, 2.05) is 60.7 Å². The lowest BCUT2D eigenvalue weighted by molar-refractivity contribution is -0.135. The summed E-state index contributed by atoms with van der Waals surface area (Å²) < 4.78 is 0. The zero-order chi connectivity index (χ0) is 21.4. The molecule has 30 heavy (non-hydrogen) atoms. The van der Waals surface area contributed by atoms with Gasteiger partial charge >= 0.3 is 6.03 Å². The highest BCUT2D eigenvalue weighted by atomic mass is 16.2.